The number of ether oxygens (including phenoxy) is 1. The molecule has 21 heavy (non-hydrogen) atoms. The van der Waals surface area contributed by atoms with Crippen molar-refractivity contribution in [2.24, 2.45) is 5.92 Å². The van der Waals surface area contributed by atoms with Crippen molar-refractivity contribution in [1.82, 2.24) is 9.97 Å². The highest BCUT2D eigenvalue weighted by Crippen LogP contribution is 2.30. The second-order valence-electron chi connectivity index (χ2n) is 5.06. The Balaban J connectivity index is 1.62. The molecule has 0 aliphatic heterocycles. The van der Waals surface area contributed by atoms with E-state index in [2.05, 4.69) is 9.97 Å². The normalized spacial score (nSPS) is 14.1. The fourth-order valence-electron chi connectivity index (χ4n) is 1.85. The van der Waals surface area contributed by atoms with Crippen LogP contribution in [0, 0.1) is 11.7 Å². The monoisotopic (exact) mass is 306 g/mol. The van der Waals surface area contributed by atoms with Crippen LogP contribution in [0.15, 0.2) is 40.3 Å². The van der Waals surface area contributed by atoms with Crippen LogP contribution < -0.4 is 10.4 Å². The van der Waals surface area contributed by atoms with Crippen molar-refractivity contribution in [2.45, 2.75) is 23.6 Å². The SMILES string of the molecule is O=c1ncc(F)c(SCc2cccc(OCC3CC3)c2)[nH]1. The van der Waals surface area contributed by atoms with Crippen molar-refractivity contribution >= 4 is 11.8 Å². The smallest absolute Gasteiger partial charge is 0.345 e. The van der Waals surface area contributed by atoms with Crippen LogP contribution >= 0.6 is 11.8 Å². The molecular formula is C15H15FN2O2S. The van der Waals surface area contributed by atoms with Gasteiger partial charge in [0.15, 0.2) is 5.82 Å². The third-order valence-corrected chi connectivity index (χ3v) is 4.26. The summed E-state index contributed by atoms with van der Waals surface area (Å²) in [6.45, 7) is 0.767. The maximum absolute atomic E-state index is 13.5. The Morgan fingerprint density at radius 2 is 2.29 bits per heavy atom. The van der Waals surface area contributed by atoms with Crippen LogP contribution in [0.3, 0.4) is 0 Å². The number of aromatic amines is 1. The molecule has 3 rings (SSSR count). The molecule has 0 unspecified atom stereocenters. The third kappa shape index (κ3) is 4.07. The second-order valence-corrected chi connectivity index (χ2v) is 6.04. The molecule has 110 valence electrons. The van der Waals surface area contributed by atoms with E-state index >= 15 is 0 Å². The third-order valence-electron chi connectivity index (χ3n) is 3.20. The number of nitrogens with zero attached hydrogens (tertiary/aromatic N) is 1. The molecule has 1 aromatic carbocycles. The first-order valence-corrected chi connectivity index (χ1v) is 7.78. The second kappa shape index (κ2) is 6.30. The molecular weight excluding hydrogens is 291 g/mol. The Bertz CT molecular complexity index is 685. The molecule has 1 aliphatic rings. The molecule has 1 saturated carbocycles. The fourth-order valence-corrected chi connectivity index (χ4v) is 2.69. The van der Waals surface area contributed by atoms with Crippen LogP contribution in [0.5, 0.6) is 5.75 Å². The molecule has 4 nitrogen and oxygen atoms in total. The minimum absolute atomic E-state index is 0.208. The minimum Gasteiger partial charge on any atom is -0.493 e. The van der Waals surface area contributed by atoms with Gasteiger partial charge in [0.2, 0.25) is 0 Å². The summed E-state index contributed by atoms with van der Waals surface area (Å²) in [6.07, 6.45) is 3.45. The zero-order valence-corrected chi connectivity index (χ0v) is 12.2. The first-order chi connectivity index (χ1) is 10.2. The van der Waals surface area contributed by atoms with Crippen molar-refractivity contribution in [3.05, 3.63) is 52.3 Å². The van der Waals surface area contributed by atoms with E-state index in [1.54, 1.807) is 0 Å². The number of benzene rings is 1. The van der Waals surface area contributed by atoms with E-state index in [0.29, 0.717) is 11.7 Å². The van der Waals surface area contributed by atoms with Gasteiger partial charge in [-0.2, -0.15) is 4.98 Å². The average Bonchev–Trinajstić information content (AvgIpc) is 3.31. The summed E-state index contributed by atoms with van der Waals surface area (Å²) in [4.78, 5) is 16.8. The highest BCUT2D eigenvalue weighted by Gasteiger charge is 2.21. The summed E-state index contributed by atoms with van der Waals surface area (Å²) in [5.74, 6) is 1.58. The zero-order valence-electron chi connectivity index (χ0n) is 11.3. The summed E-state index contributed by atoms with van der Waals surface area (Å²) < 4.78 is 19.2. The lowest BCUT2D eigenvalue weighted by Crippen LogP contribution is -2.11. The summed E-state index contributed by atoms with van der Waals surface area (Å²) in [5.41, 5.74) is 0.478. The van der Waals surface area contributed by atoms with E-state index in [1.807, 2.05) is 24.3 Å². The number of hydrogen-bond acceptors (Lipinski definition) is 4. The summed E-state index contributed by atoms with van der Waals surface area (Å²) in [5, 5.41) is 0.208. The first kappa shape index (κ1) is 14.1. The number of rotatable bonds is 6. The van der Waals surface area contributed by atoms with E-state index in [9.17, 15) is 9.18 Å². The number of halogens is 1. The molecule has 0 spiro atoms. The van der Waals surface area contributed by atoms with Crippen molar-refractivity contribution in [3.63, 3.8) is 0 Å². The summed E-state index contributed by atoms with van der Waals surface area (Å²) in [6, 6.07) is 7.75. The number of H-pyrrole nitrogens is 1. The van der Waals surface area contributed by atoms with E-state index in [4.69, 9.17) is 4.74 Å². The summed E-state index contributed by atoms with van der Waals surface area (Å²) >= 11 is 1.23. The zero-order chi connectivity index (χ0) is 14.7. The topological polar surface area (TPSA) is 55.0 Å². The molecule has 1 fully saturated rings. The lowest BCUT2D eigenvalue weighted by Gasteiger charge is -2.07. The van der Waals surface area contributed by atoms with E-state index in [1.165, 1.54) is 24.6 Å². The van der Waals surface area contributed by atoms with Crippen molar-refractivity contribution in [1.29, 1.82) is 0 Å². The number of hydrogen-bond donors (Lipinski definition) is 1. The van der Waals surface area contributed by atoms with Gasteiger partial charge in [0.25, 0.3) is 0 Å². The van der Waals surface area contributed by atoms with E-state index in [-0.39, 0.29) is 5.03 Å². The Kier molecular flexibility index (Phi) is 4.24. The number of nitrogens with one attached hydrogen (secondary N) is 1. The Morgan fingerprint density at radius 3 is 3.10 bits per heavy atom. The molecule has 0 bridgehead atoms. The maximum Gasteiger partial charge on any atom is 0.345 e. The molecule has 1 aromatic heterocycles. The number of thioether (sulfide) groups is 1. The van der Waals surface area contributed by atoms with Gasteiger partial charge >= 0.3 is 5.69 Å². The van der Waals surface area contributed by atoms with Crippen molar-refractivity contribution < 1.29 is 9.13 Å². The molecule has 0 amide bonds. The largest absolute Gasteiger partial charge is 0.493 e. The van der Waals surface area contributed by atoms with Gasteiger partial charge < -0.3 is 4.74 Å². The first-order valence-electron chi connectivity index (χ1n) is 6.80. The minimum atomic E-state index is -0.541. The van der Waals surface area contributed by atoms with Crippen LogP contribution in [0.4, 0.5) is 4.39 Å². The molecule has 2 aromatic rings. The van der Waals surface area contributed by atoms with Gasteiger partial charge in [-0.3, -0.25) is 4.98 Å². The molecule has 1 aliphatic carbocycles. The fraction of sp³-hybridized carbons (Fsp3) is 0.333. The van der Waals surface area contributed by atoms with Crippen LogP contribution in [-0.2, 0) is 5.75 Å². The van der Waals surface area contributed by atoms with Gasteiger partial charge in [-0.05, 0) is 36.5 Å². The lowest BCUT2D eigenvalue weighted by molar-refractivity contribution is 0.299. The molecule has 1 heterocycles. The van der Waals surface area contributed by atoms with Gasteiger partial charge in [0.05, 0.1) is 12.8 Å². The van der Waals surface area contributed by atoms with Crippen LogP contribution in [0.25, 0.3) is 0 Å². The van der Waals surface area contributed by atoms with Gasteiger partial charge in [-0.1, -0.05) is 12.1 Å². The maximum atomic E-state index is 13.5. The van der Waals surface area contributed by atoms with Crippen molar-refractivity contribution in [3.8, 4) is 5.75 Å². The molecule has 6 heteroatoms. The molecule has 0 saturated heterocycles. The molecule has 0 radical (unpaired) electrons. The van der Waals surface area contributed by atoms with Crippen molar-refractivity contribution in [2.75, 3.05) is 6.61 Å². The Morgan fingerprint density at radius 1 is 1.43 bits per heavy atom. The number of aromatic nitrogens is 2. The van der Waals surface area contributed by atoms with Crippen LogP contribution in [-0.4, -0.2) is 16.6 Å². The lowest BCUT2D eigenvalue weighted by atomic mass is 10.2. The van der Waals surface area contributed by atoms with Gasteiger partial charge in [0.1, 0.15) is 10.8 Å². The van der Waals surface area contributed by atoms with E-state index < -0.39 is 11.5 Å². The van der Waals surface area contributed by atoms with Gasteiger partial charge in [-0.15, -0.1) is 11.8 Å². The predicted molar refractivity (Wildman–Crippen MR) is 79.0 cm³/mol. The van der Waals surface area contributed by atoms with Gasteiger partial charge in [0, 0.05) is 5.75 Å². The summed E-state index contributed by atoms with van der Waals surface area (Å²) in [7, 11) is 0. The van der Waals surface area contributed by atoms with E-state index in [0.717, 1.165) is 24.1 Å². The highest BCUT2D eigenvalue weighted by molar-refractivity contribution is 7.98. The quantitative estimate of drug-likeness (QED) is 0.658. The Labute approximate surface area is 125 Å². The average molecular weight is 306 g/mol. The molecule has 0 atom stereocenters. The predicted octanol–water partition coefficient (Wildman–Crippen LogP) is 2.99. The van der Waals surface area contributed by atoms with Crippen LogP contribution in [0.1, 0.15) is 18.4 Å². The molecule has 1 N–H and O–H groups in total. The standard InChI is InChI=1S/C15H15FN2O2S/c16-13-7-17-15(19)18-14(13)21-9-11-2-1-3-12(6-11)20-8-10-4-5-10/h1-3,6-7,10H,4-5,8-9H2,(H,17,18,19). The van der Waals surface area contributed by atoms with Gasteiger partial charge in [-0.25, -0.2) is 9.18 Å². The highest BCUT2D eigenvalue weighted by atomic mass is 32.2. The Hall–Kier alpha value is -1.82. The van der Waals surface area contributed by atoms with Crippen LogP contribution in [0.2, 0.25) is 0 Å².